The summed E-state index contributed by atoms with van der Waals surface area (Å²) in [6, 6.07) is 11.6. The fraction of sp³-hybridized carbons (Fsp3) is 0.462. The van der Waals surface area contributed by atoms with Gasteiger partial charge in [-0.25, -0.2) is 0 Å². The number of rotatable bonds is 1. The number of hydrogen-bond donors (Lipinski definition) is 1. The third-order valence-corrected chi connectivity index (χ3v) is 3.94. The molecule has 84 valence electrons. The van der Waals surface area contributed by atoms with Gasteiger partial charge < -0.3 is 10.2 Å². The number of fused-ring (bicyclic) bond motifs is 1. The van der Waals surface area contributed by atoms with Gasteiger partial charge in [-0.1, -0.05) is 31.0 Å². The Hall–Kier alpha value is -1.09. The van der Waals surface area contributed by atoms with Gasteiger partial charge in [0.05, 0.1) is 6.04 Å². The predicted octanol–water partition coefficient (Wildman–Crippen LogP) is 2.69. The number of anilines is 1. The summed E-state index contributed by atoms with van der Waals surface area (Å²) in [6.45, 7) is 0. The van der Waals surface area contributed by atoms with E-state index in [4.69, 9.17) is 12.2 Å². The van der Waals surface area contributed by atoms with Crippen molar-refractivity contribution in [3.05, 3.63) is 30.3 Å². The molecule has 2 aliphatic rings. The molecular formula is C13H16N2S. The molecule has 2 fully saturated rings. The van der Waals surface area contributed by atoms with E-state index in [-0.39, 0.29) is 0 Å². The van der Waals surface area contributed by atoms with Crippen molar-refractivity contribution in [1.82, 2.24) is 5.32 Å². The summed E-state index contributed by atoms with van der Waals surface area (Å²) in [4.78, 5) is 2.30. The minimum absolute atomic E-state index is 0.571. The standard InChI is InChI=1S/C13H16N2S/c16-13-14-11-8-4-5-9-12(11)15(13)10-6-2-1-3-7-10/h1-3,6-7,11-12H,4-5,8-9H2,(H,14,16)/t11-,12-/m0/s1. The molecule has 1 saturated heterocycles. The van der Waals surface area contributed by atoms with Crippen LogP contribution in [0.4, 0.5) is 5.69 Å². The summed E-state index contributed by atoms with van der Waals surface area (Å²) in [7, 11) is 0. The molecule has 1 N–H and O–H groups in total. The van der Waals surface area contributed by atoms with Crippen LogP contribution < -0.4 is 10.2 Å². The second kappa shape index (κ2) is 4.06. The normalized spacial score (nSPS) is 28.8. The minimum Gasteiger partial charge on any atom is -0.357 e. The van der Waals surface area contributed by atoms with Gasteiger partial charge in [-0.2, -0.15) is 0 Å². The second-order valence-corrected chi connectivity index (χ2v) is 5.00. The number of thiocarbonyl (C=S) groups is 1. The highest BCUT2D eigenvalue weighted by Gasteiger charge is 2.38. The molecule has 1 heterocycles. The summed E-state index contributed by atoms with van der Waals surface area (Å²) in [5, 5.41) is 4.37. The lowest BCUT2D eigenvalue weighted by Crippen LogP contribution is -2.38. The average Bonchev–Trinajstić information content (AvgIpc) is 2.66. The Bertz CT molecular complexity index is 390. The average molecular weight is 232 g/mol. The smallest absolute Gasteiger partial charge is 0.174 e. The molecular weight excluding hydrogens is 216 g/mol. The maximum atomic E-state index is 5.45. The number of nitrogens with one attached hydrogen (secondary N) is 1. The van der Waals surface area contributed by atoms with Crippen LogP contribution in [0.25, 0.3) is 0 Å². The van der Waals surface area contributed by atoms with Crippen LogP contribution in [0.2, 0.25) is 0 Å². The van der Waals surface area contributed by atoms with Crippen LogP contribution in [0.3, 0.4) is 0 Å². The molecule has 1 aliphatic carbocycles. The van der Waals surface area contributed by atoms with Gasteiger partial charge in [-0.15, -0.1) is 0 Å². The molecule has 0 aromatic heterocycles. The molecule has 1 aromatic carbocycles. The first-order valence-corrected chi connectivity index (χ1v) is 6.42. The number of nitrogens with zero attached hydrogens (tertiary/aromatic N) is 1. The van der Waals surface area contributed by atoms with Crippen molar-refractivity contribution in [3.8, 4) is 0 Å². The van der Waals surface area contributed by atoms with Gasteiger partial charge in [0, 0.05) is 11.7 Å². The highest BCUT2D eigenvalue weighted by molar-refractivity contribution is 7.80. The summed E-state index contributed by atoms with van der Waals surface area (Å²) >= 11 is 5.45. The van der Waals surface area contributed by atoms with E-state index in [1.807, 2.05) is 0 Å². The van der Waals surface area contributed by atoms with E-state index in [0.29, 0.717) is 12.1 Å². The second-order valence-electron chi connectivity index (χ2n) is 4.61. The zero-order valence-electron chi connectivity index (χ0n) is 9.23. The van der Waals surface area contributed by atoms with Gasteiger partial charge in [0.15, 0.2) is 5.11 Å². The fourth-order valence-corrected chi connectivity index (χ4v) is 3.26. The Morgan fingerprint density at radius 2 is 1.88 bits per heavy atom. The van der Waals surface area contributed by atoms with Crippen LogP contribution in [-0.2, 0) is 0 Å². The van der Waals surface area contributed by atoms with E-state index in [0.717, 1.165) is 5.11 Å². The minimum atomic E-state index is 0.571. The van der Waals surface area contributed by atoms with Gasteiger partial charge in [-0.05, 0) is 37.2 Å². The molecule has 2 nitrogen and oxygen atoms in total. The number of para-hydroxylation sites is 1. The molecule has 1 aliphatic heterocycles. The Morgan fingerprint density at radius 3 is 2.69 bits per heavy atom. The topological polar surface area (TPSA) is 15.3 Å². The van der Waals surface area contributed by atoms with E-state index >= 15 is 0 Å². The van der Waals surface area contributed by atoms with Crippen LogP contribution in [0.15, 0.2) is 30.3 Å². The highest BCUT2D eigenvalue weighted by atomic mass is 32.1. The third kappa shape index (κ3) is 1.59. The monoisotopic (exact) mass is 232 g/mol. The van der Waals surface area contributed by atoms with Crippen molar-refractivity contribution in [1.29, 1.82) is 0 Å². The van der Waals surface area contributed by atoms with Crippen molar-refractivity contribution in [2.45, 2.75) is 37.8 Å². The van der Waals surface area contributed by atoms with Crippen molar-refractivity contribution in [2.75, 3.05) is 4.90 Å². The van der Waals surface area contributed by atoms with Gasteiger partial charge >= 0.3 is 0 Å². The molecule has 1 aromatic rings. The van der Waals surface area contributed by atoms with E-state index in [9.17, 15) is 0 Å². The summed E-state index contributed by atoms with van der Waals surface area (Å²) in [5.41, 5.74) is 1.23. The Kier molecular flexibility index (Phi) is 2.56. The molecule has 0 amide bonds. The third-order valence-electron chi connectivity index (χ3n) is 3.62. The predicted molar refractivity (Wildman–Crippen MR) is 70.7 cm³/mol. The first-order chi connectivity index (χ1) is 7.86. The quantitative estimate of drug-likeness (QED) is 0.749. The maximum absolute atomic E-state index is 5.45. The van der Waals surface area contributed by atoms with E-state index in [2.05, 4.69) is 40.5 Å². The molecule has 1 saturated carbocycles. The van der Waals surface area contributed by atoms with Crippen LogP contribution in [0, 0.1) is 0 Å². The zero-order valence-corrected chi connectivity index (χ0v) is 10.0. The maximum Gasteiger partial charge on any atom is 0.174 e. The van der Waals surface area contributed by atoms with E-state index in [1.165, 1.54) is 31.4 Å². The van der Waals surface area contributed by atoms with Crippen LogP contribution in [0.1, 0.15) is 25.7 Å². The van der Waals surface area contributed by atoms with E-state index in [1.54, 1.807) is 0 Å². The molecule has 2 atom stereocenters. The largest absolute Gasteiger partial charge is 0.357 e. The van der Waals surface area contributed by atoms with Crippen molar-refractivity contribution in [3.63, 3.8) is 0 Å². The summed E-state index contributed by atoms with van der Waals surface area (Å²) < 4.78 is 0. The Morgan fingerprint density at radius 1 is 1.12 bits per heavy atom. The SMILES string of the molecule is S=C1N[C@H]2CCCC[C@@H]2N1c1ccccc1. The highest BCUT2D eigenvalue weighted by Crippen LogP contribution is 2.31. The number of hydrogen-bond acceptors (Lipinski definition) is 1. The molecule has 16 heavy (non-hydrogen) atoms. The van der Waals surface area contributed by atoms with Crippen LogP contribution >= 0.6 is 12.2 Å². The molecule has 0 unspecified atom stereocenters. The Balaban J connectivity index is 1.91. The van der Waals surface area contributed by atoms with Crippen molar-refractivity contribution >= 4 is 23.0 Å². The lowest BCUT2D eigenvalue weighted by molar-refractivity contribution is 0.390. The summed E-state index contributed by atoms with van der Waals surface area (Å²) in [5.74, 6) is 0. The molecule has 0 spiro atoms. The van der Waals surface area contributed by atoms with Crippen LogP contribution in [-0.4, -0.2) is 17.2 Å². The molecule has 3 heteroatoms. The van der Waals surface area contributed by atoms with Gasteiger partial charge in [0.25, 0.3) is 0 Å². The van der Waals surface area contributed by atoms with Crippen molar-refractivity contribution in [2.24, 2.45) is 0 Å². The Labute approximate surface area is 102 Å². The lowest BCUT2D eigenvalue weighted by atomic mass is 9.91. The lowest BCUT2D eigenvalue weighted by Gasteiger charge is -2.30. The van der Waals surface area contributed by atoms with Crippen LogP contribution in [0.5, 0.6) is 0 Å². The molecule has 0 bridgehead atoms. The zero-order chi connectivity index (χ0) is 11.0. The molecule has 3 rings (SSSR count). The fourth-order valence-electron chi connectivity index (χ4n) is 2.86. The first-order valence-electron chi connectivity index (χ1n) is 6.01. The van der Waals surface area contributed by atoms with Gasteiger partial charge in [0.2, 0.25) is 0 Å². The van der Waals surface area contributed by atoms with E-state index < -0.39 is 0 Å². The van der Waals surface area contributed by atoms with Gasteiger partial charge in [-0.3, -0.25) is 0 Å². The van der Waals surface area contributed by atoms with Crippen molar-refractivity contribution < 1.29 is 0 Å². The first kappa shape index (κ1) is 10.1. The van der Waals surface area contributed by atoms with Gasteiger partial charge in [0.1, 0.15) is 0 Å². The molecule has 0 radical (unpaired) electrons. The number of benzene rings is 1. The summed E-state index contributed by atoms with van der Waals surface area (Å²) in [6.07, 6.45) is 5.18.